The molecule has 164 valence electrons. The van der Waals surface area contributed by atoms with Gasteiger partial charge >= 0.3 is 0 Å². The second kappa shape index (κ2) is 8.85. The molecule has 31 heavy (non-hydrogen) atoms. The summed E-state index contributed by atoms with van der Waals surface area (Å²) in [5.41, 5.74) is 2.57. The van der Waals surface area contributed by atoms with E-state index in [0.29, 0.717) is 36.0 Å². The Hall–Kier alpha value is -2.64. The number of para-hydroxylation sites is 1. The smallest absolute Gasteiger partial charge is 0.253 e. The molecule has 2 aromatic carbocycles. The van der Waals surface area contributed by atoms with Gasteiger partial charge in [-0.25, -0.2) is 8.42 Å². The number of hydrogen-bond acceptors (Lipinski definition) is 3. The standard InChI is InChI=1S/C24H29N3O3S/c1-18(2)16-26-17-22(21-7-3-4-8-23(21)26)24(28)25-15-19-9-11-20(12-10-19)31(29,30)27-13-5-6-14-27/h3-4,7-12,17-18H,5-6,13-16H2,1-2H3,(H,25,28). The number of sulfonamides is 1. The number of rotatable bonds is 7. The first-order chi connectivity index (χ1) is 14.9. The highest BCUT2D eigenvalue weighted by atomic mass is 32.2. The van der Waals surface area contributed by atoms with E-state index in [1.165, 1.54) is 4.31 Å². The first-order valence-electron chi connectivity index (χ1n) is 10.8. The zero-order chi connectivity index (χ0) is 22.0. The van der Waals surface area contributed by atoms with Gasteiger partial charge in [0.25, 0.3) is 5.91 Å². The van der Waals surface area contributed by atoms with Crippen molar-refractivity contribution in [3.8, 4) is 0 Å². The average molecular weight is 440 g/mol. The number of nitrogens with zero attached hydrogens (tertiary/aromatic N) is 2. The first kappa shape index (κ1) is 21.6. The first-order valence-corrected chi connectivity index (χ1v) is 12.3. The Bertz CT molecular complexity index is 1170. The summed E-state index contributed by atoms with van der Waals surface area (Å²) in [7, 11) is -3.42. The summed E-state index contributed by atoms with van der Waals surface area (Å²) in [4.78, 5) is 13.2. The molecule has 0 atom stereocenters. The van der Waals surface area contributed by atoms with Crippen LogP contribution in [-0.2, 0) is 23.1 Å². The van der Waals surface area contributed by atoms with Crippen LogP contribution in [0, 0.1) is 5.92 Å². The fourth-order valence-corrected chi connectivity index (χ4v) is 5.62. The molecular weight excluding hydrogens is 410 g/mol. The number of hydrogen-bond donors (Lipinski definition) is 1. The van der Waals surface area contributed by atoms with Gasteiger partial charge in [0.15, 0.2) is 0 Å². The van der Waals surface area contributed by atoms with Crippen molar-refractivity contribution in [1.29, 1.82) is 0 Å². The van der Waals surface area contributed by atoms with Gasteiger partial charge in [-0.2, -0.15) is 4.31 Å². The summed E-state index contributed by atoms with van der Waals surface area (Å²) in [5.74, 6) is 0.342. The lowest BCUT2D eigenvalue weighted by Crippen LogP contribution is -2.28. The van der Waals surface area contributed by atoms with E-state index in [0.717, 1.165) is 35.9 Å². The molecule has 1 aliphatic rings. The summed E-state index contributed by atoms with van der Waals surface area (Å²) < 4.78 is 29.0. The third-order valence-electron chi connectivity index (χ3n) is 5.67. The van der Waals surface area contributed by atoms with E-state index in [9.17, 15) is 13.2 Å². The van der Waals surface area contributed by atoms with Gasteiger partial charge < -0.3 is 9.88 Å². The van der Waals surface area contributed by atoms with Crippen molar-refractivity contribution in [2.75, 3.05) is 13.1 Å². The van der Waals surface area contributed by atoms with Crippen LogP contribution in [0.4, 0.5) is 0 Å². The quantitative estimate of drug-likeness (QED) is 0.605. The molecular formula is C24H29N3O3S. The summed E-state index contributed by atoms with van der Waals surface area (Å²) >= 11 is 0. The Morgan fingerprint density at radius 3 is 2.39 bits per heavy atom. The van der Waals surface area contributed by atoms with Gasteiger partial charge in [0.1, 0.15) is 0 Å². The van der Waals surface area contributed by atoms with Crippen molar-refractivity contribution in [2.24, 2.45) is 5.92 Å². The maximum absolute atomic E-state index is 12.9. The zero-order valence-corrected chi connectivity index (χ0v) is 18.9. The maximum Gasteiger partial charge on any atom is 0.253 e. The number of amides is 1. The lowest BCUT2D eigenvalue weighted by atomic mass is 10.1. The molecule has 1 fully saturated rings. The SMILES string of the molecule is CC(C)Cn1cc(C(=O)NCc2ccc(S(=O)(=O)N3CCCC3)cc2)c2ccccc21. The third kappa shape index (κ3) is 4.52. The Morgan fingerprint density at radius 1 is 1.03 bits per heavy atom. The van der Waals surface area contributed by atoms with Gasteiger partial charge in [-0.3, -0.25) is 4.79 Å². The van der Waals surface area contributed by atoms with E-state index in [2.05, 4.69) is 23.7 Å². The summed E-state index contributed by atoms with van der Waals surface area (Å²) in [6.07, 6.45) is 3.75. The average Bonchev–Trinajstić information content (AvgIpc) is 3.42. The van der Waals surface area contributed by atoms with E-state index in [-0.39, 0.29) is 5.91 Å². The largest absolute Gasteiger partial charge is 0.348 e. The Labute approximate surface area is 183 Å². The van der Waals surface area contributed by atoms with Crippen LogP contribution in [-0.4, -0.2) is 36.3 Å². The lowest BCUT2D eigenvalue weighted by Gasteiger charge is -2.15. The predicted octanol–water partition coefficient (Wildman–Crippen LogP) is 4.01. The van der Waals surface area contributed by atoms with E-state index in [1.54, 1.807) is 24.3 Å². The van der Waals surface area contributed by atoms with E-state index < -0.39 is 10.0 Å². The van der Waals surface area contributed by atoms with Crippen LogP contribution in [0.15, 0.2) is 59.6 Å². The minimum Gasteiger partial charge on any atom is -0.348 e. The van der Waals surface area contributed by atoms with Gasteiger partial charge in [0.05, 0.1) is 10.5 Å². The minimum absolute atomic E-state index is 0.132. The molecule has 1 aromatic heterocycles. The highest BCUT2D eigenvalue weighted by Crippen LogP contribution is 2.23. The van der Waals surface area contributed by atoms with Crippen molar-refractivity contribution >= 4 is 26.8 Å². The molecule has 0 aliphatic carbocycles. The molecule has 1 N–H and O–H groups in total. The molecule has 0 bridgehead atoms. The molecule has 1 amide bonds. The third-order valence-corrected chi connectivity index (χ3v) is 7.59. The minimum atomic E-state index is -3.42. The van der Waals surface area contributed by atoms with E-state index >= 15 is 0 Å². The van der Waals surface area contributed by atoms with Crippen LogP contribution < -0.4 is 5.32 Å². The van der Waals surface area contributed by atoms with Crippen molar-refractivity contribution in [1.82, 2.24) is 14.2 Å². The van der Waals surface area contributed by atoms with Crippen LogP contribution in [0.1, 0.15) is 42.6 Å². The summed E-state index contributed by atoms with van der Waals surface area (Å²) in [5, 5.41) is 3.91. The van der Waals surface area contributed by atoms with Gasteiger partial charge in [-0.05, 0) is 42.5 Å². The maximum atomic E-state index is 12.9. The second-order valence-corrected chi connectivity index (χ2v) is 10.5. The van der Waals surface area contributed by atoms with Crippen molar-refractivity contribution in [3.63, 3.8) is 0 Å². The monoisotopic (exact) mass is 439 g/mol. The molecule has 0 unspecified atom stereocenters. The normalized spacial score (nSPS) is 15.1. The highest BCUT2D eigenvalue weighted by Gasteiger charge is 2.26. The van der Waals surface area contributed by atoms with Gasteiger partial charge in [-0.1, -0.05) is 44.2 Å². The van der Waals surface area contributed by atoms with Crippen LogP contribution in [0.25, 0.3) is 10.9 Å². The fourth-order valence-electron chi connectivity index (χ4n) is 4.11. The molecule has 6 nitrogen and oxygen atoms in total. The van der Waals surface area contributed by atoms with Crippen LogP contribution in [0.5, 0.6) is 0 Å². The second-order valence-electron chi connectivity index (χ2n) is 8.54. The molecule has 1 aliphatic heterocycles. The molecule has 1 saturated heterocycles. The Morgan fingerprint density at radius 2 is 1.71 bits per heavy atom. The molecule has 0 radical (unpaired) electrons. The summed E-state index contributed by atoms with van der Waals surface area (Å²) in [6.45, 7) is 6.67. The van der Waals surface area contributed by atoms with Crippen molar-refractivity contribution in [3.05, 3.63) is 65.9 Å². The van der Waals surface area contributed by atoms with E-state index in [1.807, 2.05) is 30.5 Å². The van der Waals surface area contributed by atoms with Crippen LogP contribution in [0.3, 0.4) is 0 Å². The van der Waals surface area contributed by atoms with Crippen LogP contribution >= 0.6 is 0 Å². The molecule has 3 aromatic rings. The number of nitrogens with one attached hydrogen (secondary N) is 1. The summed E-state index contributed by atoms with van der Waals surface area (Å²) in [6, 6.07) is 14.7. The molecule has 7 heteroatoms. The molecule has 4 rings (SSSR count). The Kier molecular flexibility index (Phi) is 6.16. The van der Waals surface area contributed by atoms with Crippen molar-refractivity contribution in [2.45, 2.75) is 44.7 Å². The number of carbonyl (C=O) groups is 1. The lowest BCUT2D eigenvalue weighted by molar-refractivity contribution is 0.0952. The van der Waals surface area contributed by atoms with Gasteiger partial charge in [-0.15, -0.1) is 0 Å². The number of carbonyl (C=O) groups excluding carboxylic acids is 1. The molecule has 2 heterocycles. The van der Waals surface area contributed by atoms with Crippen LogP contribution in [0.2, 0.25) is 0 Å². The topological polar surface area (TPSA) is 71.4 Å². The zero-order valence-electron chi connectivity index (χ0n) is 18.0. The van der Waals surface area contributed by atoms with Gasteiger partial charge in [0, 0.05) is 43.3 Å². The predicted molar refractivity (Wildman–Crippen MR) is 122 cm³/mol. The van der Waals surface area contributed by atoms with Gasteiger partial charge in [0.2, 0.25) is 10.0 Å². The molecule has 0 spiro atoms. The highest BCUT2D eigenvalue weighted by molar-refractivity contribution is 7.89. The molecule has 0 saturated carbocycles. The Balaban J connectivity index is 1.47. The number of fused-ring (bicyclic) bond motifs is 1. The van der Waals surface area contributed by atoms with Crippen molar-refractivity contribution < 1.29 is 13.2 Å². The van der Waals surface area contributed by atoms with E-state index in [4.69, 9.17) is 0 Å². The number of benzene rings is 2. The number of aromatic nitrogens is 1. The fraction of sp³-hybridized carbons (Fsp3) is 0.375.